The van der Waals surface area contributed by atoms with Gasteiger partial charge in [-0.1, -0.05) is 34.1 Å². The number of nitrogens with zero attached hydrogens (tertiary/aromatic N) is 4. The summed E-state index contributed by atoms with van der Waals surface area (Å²) in [6.07, 6.45) is 1.42. The number of benzene rings is 2. The minimum absolute atomic E-state index is 0.207. The van der Waals surface area contributed by atoms with Crippen molar-refractivity contribution in [2.75, 3.05) is 14.2 Å². The minimum atomic E-state index is -0.398. The number of carbonyl (C=O) groups is 1. The Balaban J connectivity index is 1.48. The summed E-state index contributed by atoms with van der Waals surface area (Å²) in [6, 6.07) is 14.7. The molecule has 0 unspecified atom stereocenters. The van der Waals surface area contributed by atoms with Gasteiger partial charge in [-0.25, -0.2) is 9.20 Å². The Morgan fingerprint density at radius 1 is 1.06 bits per heavy atom. The smallest absolute Gasteiger partial charge is 0.293 e. The zero-order valence-electron chi connectivity index (χ0n) is 17.4. The zero-order valence-corrected chi connectivity index (χ0v) is 19.0. The van der Waals surface area contributed by atoms with Gasteiger partial charge in [-0.15, -0.1) is 0 Å². The van der Waals surface area contributed by atoms with Gasteiger partial charge in [-0.2, -0.15) is 10.2 Å². The van der Waals surface area contributed by atoms with Crippen molar-refractivity contribution in [3.05, 3.63) is 75.2 Å². The Morgan fingerprint density at radius 3 is 2.53 bits per heavy atom. The fourth-order valence-electron chi connectivity index (χ4n) is 3.20. The molecule has 0 atom stereocenters. The van der Waals surface area contributed by atoms with E-state index in [9.17, 15) is 9.59 Å². The molecule has 1 N–H and O–H groups in total. The van der Waals surface area contributed by atoms with Crippen LogP contribution in [0.5, 0.6) is 11.5 Å². The first-order chi connectivity index (χ1) is 15.5. The number of methoxy groups -OCH3 is 2. The maximum Gasteiger partial charge on any atom is 0.293 e. The average molecular weight is 498 g/mol. The summed E-state index contributed by atoms with van der Waals surface area (Å²) in [5, 5.41) is 11.3. The van der Waals surface area contributed by atoms with E-state index in [1.807, 2.05) is 30.3 Å². The van der Waals surface area contributed by atoms with Gasteiger partial charge in [0, 0.05) is 16.6 Å². The van der Waals surface area contributed by atoms with Crippen molar-refractivity contribution in [2.45, 2.75) is 13.1 Å². The lowest BCUT2D eigenvalue weighted by atomic mass is 10.1. The van der Waals surface area contributed by atoms with Gasteiger partial charge in [0.15, 0.2) is 11.5 Å². The fraction of sp³-hybridized carbons (Fsp3) is 0.182. The van der Waals surface area contributed by atoms with Crippen LogP contribution in [0.2, 0.25) is 0 Å². The van der Waals surface area contributed by atoms with Crippen molar-refractivity contribution in [1.82, 2.24) is 24.7 Å². The molecular formula is C22H20BrN5O4. The summed E-state index contributed by atoms with van der Waals surface area (Å²) in [7, 11) is 3.11. The van der Waals surface area contributed by atoms with E-state index in [2.05, 4.69) is 31.4 Å². The number of aromatic nitrogens is 4. The second kappa shape index (κ2) is 9.23. The highest BCUT2D eigenvalue weighted by atomic mass is 79.9. The van der Waals surface area contributed by atoms with Crippen molar-refractivity contribution in [3.63, 3.8) is 0 Å². The topological polar surface area (TPSA) is 99.8 Å². The van der Waals surface area contributed by atoms with E-state index < -0.39 is 5.56 Å². The van der Waals surface area contributed by atoms with E-state index in [0.29, 0.717) is 22.7 Å². The summed E-state index contributed by atoms with van der Waals surface area (Å²) in [5.74, 6) is 0.839. The monoisotopic (exact) mass is 497 g/mol. The molecule has 2 aromatic heterocycles. The summed E-state index contributed by atoms with van der Waals surface area (Å²) >= 11 is 3.40. The molecule has 0 saturated heterocycles. The second-order valence-electron chi connectivity index (χ2n) is 6.93. The lowest BCUT2D eigenvalue weighted by molar-refractivity contribution is -0.122. The number of halogens is 1. The summed E-state index contributed by atoms with van der Waals surface area (Å²) in [4.78, 5) is 25.2. The van der Waals surface area contributed by atoms with Gasteiger partial charge in [0.05, 0.1) is 19.9 Å². The van der Waals surface area contributed by atoms with Crippen LogP contribution in [-0.2, 0) is 17.9 Å². The van der Waals surface area contributed by atoms with Crippen molar-refractivity contribution in [3.8, 4) is 22.8 Å². The molecule has 0 saturated carbocycles. The molecule has 0 bridgehead atoms. The van der Waals surface area contributed by atoms with Gasteiger partial charge in [-0.3, -0.25) is 9.59 Å². The van der Waals surface area contributed by atoms with E-state index >= 15 is 0 Å². The van der Waals surface area contributed by atoms with Crippen molar-refractivity contribution >= 4 is 27.4 Å². The third-order valence-electron chi connectivity index (χ3n) is 4.86. The highest BCUT2D eigenvalue weighted by molar-refractivity contribution is 9.10. The first-order valence-electron chi connectivity index (χ1n) is 9.67. The minimum Gasteiger partial charge on any atom is -0.493 e. The van der Waals surface area contributed by atoms with Crippen LogP contribution in [0.4, 0.5) is 0 Å². The molecule has 0 aliphatic carbocycles. The molecule has 2 aromatic carbocycles. The van der Waals surface area contributed by atoms with Gasteiger partial charge >= 0.3 is 0 Å². The summed E-state index contributed by atoms with van der Waals surface area (Å²) in [5.41, 5.74) is 2.29. The number of rotatable bonds is 7. The van der Waals surface area contributed by atoms with Crippen LogP contribution in [0.3, 0.4) is 0 Å². The predicted molar refractivity (Wildman–Crippen MR) is 122 cm³/mol. The molecule has 164 valence electrons. The van der Waals surface area contributed by atoms with Crippen LogP contribution in [0, 0.1) is 0 Å². The molecule has 4 aromatic rings. The summed E-state index contributed by atoms with van der Waals surface area (Å²) in [6.45, 7) is 0.0675. The van der Waals surface area contributed by atoms with Crippen LogP contribution in [0.15, 0.2) is 64.1 Å². The highest BCUT2D eigenvalue weighted by Crippen LogP contribution is 2.27. The van der Waals surface area contributed by atoms with E-state index in [1.165, 1.54) is 10.8 Å². The number of nitrogens with one attached hydrogen (secondary N) is 1. The Hall–Kier alpha value is -3.66. The van der Waals surface area contributed by atoms with Gasteiger partial charge < -0.3 is 14.8 Å². The number of carbonyl (C=O) groups excluding carboxylic acids is 1. The van der Waals surface area contributed by atoms with Crippen LogP contribution in [-0.4, -0.2) is 39.5 Å². The number of amides is 1. The maximum atomic E-state index is 12.8. The lowest BCUT2D eigenvalue weighted by Crippen LogP contribution is -2.34. The normalized spacial score (nSPS) is 10.8. The first-order valence-corrected chi connectivity index (χ1v) is 10.5. The molecule has 0 radical (unpaired) electrons. The number of fused-ring (bicyclic) bond motifs is 1. The van der Waals surface area contributed by atoms with Crippen LogP contribution >= 0.6 is 15.9 Å². The Bertz CT molecular complexity index is 1330. The molecule has 0 fully saturated rings. The van der Waals surface area contributed by atoms with Crippen molar-refractivity contribution in [2.24, 2.45) is 0 Å². The van der Waals surface area contributed by atoms with E-state index in [4.69, 9.17) is 9.47 Å². The molecule has 32 heavy (non-hydrogen) atoms. The van der Waals surface area contributed by atoms with E-state index in [-0.39, 0.29) is 19.0 Å². The molecule has 2 heterocycles. The van der Waals surface area contributed by atoms with Crippen molar-refractivity contribution in [1.29, 1.82) is 0 Å². The number of hydrogen-bond acceptors (Lipinski definition) is 6. The Kier molecular flexibility index (Phi) is 6.22. The average Bonchev–Trinajstić information content (AvgIpc) is 3.25. The molecule has 4 rings (SSSR count). The molecule has 0 spiro atoms. The quantitative estimate of drug-likeness (QED) is 0.421. The van der Waals surface area contributed by atoms with Crippen LogP contribution < -0.4 is 20.3 Å². The lowest BCUT2D eigenvalue weighted by Gasteiger charge is -2.10. The second-order valence-corrected chi connectivity index (χ2v) is 7.84. The third kappa shape index (κ3) is 4.50. The predicted octanol–water partition coefficient (Wildman–Crippen LogP) is 2.65. The van der Waals surface area contributed by atoms with Gasteiger partial charge in [0.1, 0.15) is 18.4 Å². The largest absolute Gasteiger partial charge is 0.493 e. The molecule has 0 aliphatic rings. The molecular weight excluding hydrogens is 478 g/mol. The third-order valence-corrected chi connectivity index (χ3v) is 5.39. The zero-order chi connectivity index (χ0) is 22.7. The van der Waals surface area contributed by atoms with Crippen LogP contribution in [0.1, 0.15) is 5.56 Å². The number of hydrogen-bond donors (Lipinski definition) is 1. The fourth-order valence-corrected chi connectivity index (χ4v) is 3.46. The van der Waals surface area contributed by atoms with Crippen molar-refractivity contribution < 1.29 is 14.3 Å². The Labute approximate surface area is 191 Å². The molecule has 10 heteroatoms. The standard InChI is InChI=1S/C22H20BrN5O4/c1-31-19-8-3-14(9-20(19)32-2)11-24-21(29)12-27-22(30)18-10-17(26-28(18)13-25-27)15-4-6-16(23)7-5-15/h3-10,13H,11-12H2,1-2H3,(H,24,29). The van der Waals surface area contributed by atoms with E-state index in [0.717, 1.165) is 20.3 Å². The van der Waals surface area contributed by atoms with Gasteiger partial charge in [0.2, 0.25) is 5.91 Å². The first kappa shape index (κ1) is 21.6. The highest BCUT2D eigenvalue weighted by Gasteiger charge is 2.13. The molecule has 9 nitrogen and oxygen atoms in total. The van der Waals surface area contributed by atoms with Gasteiger partial charge in [-0.05, 0) is 35.9 Å². The van der Waals surface area contributed by atoms with Gasteiger partial charge in [0.25, 0.3) is 5.56 Å². The van der Waals surface area contributed by atoms with E-state index in [1.54, 1.807) is 32.4 Å². The number of ether oxygens (including phenoxy) is 2. The molecule has 0 aliphatic heterocycles. The molecule has 1 amide bonds. The van der Waals surface area contributed by atoms with Crippen LogP contribution in [0.25, 0.3) is 16.8 Å². The Morgan fingerprint density at radius 2 is 1.81 bits per heavy atom. The maximum absolute atomic E-state index is 12.8. The SMILES string of the molecule is COc1ccc(CNC(=O)Cn2ncn3nc(-c4ccc(Br)cc4)cc3c2=O)cc1OC. The summed E-state index contributed by atoms with van der Waals surface area (Å²) < 4.78 is 14.0.